The summed E-state index contributed by atoms with van der Waals surface area (Å²) < 4.78 is 11.1. The molecule has 0 aliphatic rings. The van der Waals surface area contributed by atoms with Crippen molar-refractivity contribution in [1.82, 2.24) is 0 Å². The zero-order chi connectivity index (χ0) is 13.4. The summed E-state index contributed by atoms with van der Waals surface area (Å²) >= 11 is 0. The number of rotatable bonds is 5. The second-order valence-electron chi connectivity index (χ2n) is 4.56. The van der Waals surface area contributed by atoms with E-state index in [2.05, 4.69) is 11.8 Å². The number of para-hydroxylation sites is 1. The minimum Gasteiger partial charge on any atom is -0.492 e. The molecule has 0 aliphatic heterocycles. The Kier molecular flexibility index (Phi) is 5.70. The molecule has 3 heteroatoms. The maximum atomic E-state index is 5.75. The van der Waals surface area contributed by atoms with Gasteiger partial charge in [-0.2, -0.15) is 0 Å². The summed E-state index contributed by atoms with van der Waals surface area (Å²) in [7, 11) is 1.71. The molecule has 0 unspecified atom stereocenters. The summed E-state index contributed by atoms with van der Waals surface area (Å²) in [5.41, 5.74) is 6.08. The zero-order valence-corrected chi connectivity index (χ0v) is 11.3. The van der Waals surface area contributed by atoms with Gasteiger partial charge in [0.05, 0.1) is 24.3 Å². The van der Waals surface area contributed by atoms with Crippen LogP contribution in [-0.4, -0.2) is 25.9 Å². The van der Waals surface area contributed by atoms with Crippen molar-refractivity contribution in [2.75, 3.05) is 20.3 Å². The molecule has 0 atom stereocenters. The third-order valence-corrected chi connectivity index (χ3v) is 2.73. The molecule has 0 radical (unpaired) electrons. The number of ether oxygens (including phenoxy) is 2. The van der Waals surface area contributed by atoms with Gasteiger partial charge in [-0.25, -0.2) is 0 Å². The highest BCUT2D eigenvalue weighted by Gasteiger charge is 2.16. The van der Waals surface area contributed by atoms with Crippen LogP contribution in [0.2, 0.25) is 0 Å². The smallest absolute Gasteiger partial charge is 0.134 e. The minimum absolute atomic E-state index is 0.169. The van der Waals surface area contributed by atoms with E-state index < -0.39 is 0 Å². The molecule has 1 aromatic rings. The van der Waals surface area contributed by atoms with Crippen LogP contribution in [0, 0.1) is 11.8 Å². The molecule has 0 aromatic heterocycles. The molecule has 0 saturated heterocycles. The molecule has 98 valence electrons. The molecule has 0 bridgehead atoms. The fraction of sp³-hybridized carbons (Fsp3) is 0.467. The van der Waals surface area contributed by atoms with E-state index in [1.807, 2.05) is 38.1 Å². The first-order valence-electron chi connectivity index (χ1n) is 6.05. The van der Waals surface area contributed by atoms with E-state index in [1.165, 1.54) is 0 Å². The quantitative estimate of drug-likeness (QED) is 0.811. The Bertz CT molecular complexity index is 430. The molecule has 0 heterocycles. The monoisotopic (exact) mass is 247 g/mol. The lowest BCUT2D eigenvalue weighted by Crippen LogP contribution is -2.25. The molecule has 0 saturated carbocycles. The standard InChI is InChI=1S/C15H21NO2/c1-15(2,17-3)10-12-18-14-9-5-4-7-13(14)8-6-11-16/h4-5,7,9H,10-12,16H2,1-3H3. The van der Waals surface area contributed by atoms with Crippen molar-refractivity contribution < 1.29 is 9.47 Å². The Morgan fingerprint density at radius 3 is 2.67 bits per heavy atom. The molecule has 0 aliphatic carbocycles. The summed E-state index contributed by atoms with van der Waals surface area (Å²) in [6.07, 6.45) is 0.822. The van der Waals surface area contributed by atoms with Crippen LogP contribution < -0.4 is 10.5 Å². The summed E-state index contributed by atoms with van der Waals surface area (Å²) in [5.74, 6) is 6.64. The number of benzene rings is 1. The first kappa shape index (κ1) is 14.6. The first-order chi connectivity index (χ1) is 8.59. The number of nitrogens with two attached hydrogens (primary N) is 1. The Morgan fingerprint density at radius 1 is 1.28 bits per heavy atom. The molecule has 0 spiro atoms. The second-order valence-corrected chi connectivity index (χ2v) is 4.56. The van der Waals surface area contributed by atoms with Gasteiger partial charge in [-0.1, -0.05) is 24.0 Å². The van der Waals surface area contributed by atoms with Crippen LogP contribution in [0.1, 0.15) is 25.8 Å². The molecule has 0 amide bonds. The molecule has 0 fully saturated rings. The lowest BCUT2D eigenvalue weighted by molar-refractivity contribution is 0.00543. The minimum atomic E-state index is -0.169. The largest absolute Gasteiger partial charge is 0.492 e. The first-order valence-corrected chi connectivity index (χ1v) is 6.05. The van der Waals surface area contributed by atoms with Gasteiger partial charge in [0.15, 0.2) is 0 Å². The van der Waals surface area contributed by atoms with E-state index in [4.69, 9.17) is 15.2 Å². The van der Waals surface area contributed by atoms with Crippen molar-refractivity contribution in [2.24, 2.45) is 5.73 Å². The van der Waals surface area contributed by atoms with Crippen LogP contribution in [0.25, 0.3) is 0 Å². The fourth-order valence-corrected chi connectivity index (χ4v) is 1.35. The molecule has 2 N–H and O–H groups in total. The second kappa shape index (κ2) is 7.05. The fourth-order valence-electron chi connectivity index (χ4n) is 1.35. The van der Waals surface area contributed by atoms with Crippen LogP contribution in [-0.2, 0) is 4.74 Å². The van der Waals surface area contributed by atoms with Crippen LogP contribution in [0.15, 0.2) is 24.3 Å². The van der Waals surface area contributed by atoms with Crippen molar-refractivity contribution in [2.45, 2.75) is 25.9 Å². The van der Waals surface area contributed by atoms with Crippen LogP contribution in [0.3, 0.4) is 0 Å². The van der Waals surface area contributed by atoms with Crippen molar-refractivity contribution in [3.05, 3.63) is 29.8 Å². The Labute approximate surface area is 109 Å². The SMILES string of the molecule is COC(C)(C)CCOc1ccccc1C#CCN. The highest BCUT2D eigenvalue weighted by atomic mass is 16.5. The van der Waals surface area contributed by atoms with E-state index in [0.717, 1.165) is 17.7 Å². The van der Waals surface area contributed by atoms with Gasteiger partial charge < -0.3 is 15.2 Å². The summed E-state index contributed by atoms with van der Waals surface area (Å²) in [4.78, 5) is 0. The summed E-state index contributed by atoms with van der Waals surface area (Å²) in [6, 6.07) is 7.72. The van der Waals surface area contributed by atoms with Crippen LogP contribution in [0.5, 0.6) is 5.75 Å². The average molecular weight is 247 g/mol. The molecular weight excluding hydrogens is 226 g/mol. The van der Waals surface area contributed by atoms with Crippen molar-refractivity contribution in [3.8, 4) is 17.6 Å². The van der Waals surface area contributed by atoms with E-state index >= 15 is 0 Å². The molecular formula is C15H21NO2. The maximum Gasteiger partial charge on any atom is 0.134 e. The third-order valence-electron chi connectivity index (χ3n) is 2.73. The molecule has 3 nitrogen and oxygen atoms in total. The lowest BCUT2D eigenvalue weighted by atomic mass is 10.1. The topological polar surface area (TPSA) is 44.5 Å². The van der Waals surface area contributed by atoms with Gasteiger partial charge in [0.25, 0.3) is 0 Å². The number of methoxy groups -OCH3 is 1. The lowest BCUT2D eigenvalue weighted by Gasteiger charge is -2.22. The highest BCUT2D eigenvalue weighted by molar-refractivity contribution is 5.45. The van der Waals surface area contributed by atoms with Crippen LogP contribution in [0.4, 0.5) is 0 Å². The van der Waals surface area contributed by atoms with E-state index in [1.54, 1.807) is 7.11 Å². The Morgan fingerprint density at radius 2 is 2.00 bits per heavy atom. The van der Waals surface area contributed by atoms with E-state index in [0.29, 0.717) is 13.2 Å². The molecule has 1 rings (SSSR count). The number of hydrogen-bond acceptors (Lipinski definition) is 3. The van der Waals surface area contributed by atoms with E-state index in [9.17, 15) is 0 Å². The van der Waals surface area contributed by atoms with Crippen LogP contribution >= 0.6 is 0 Å². The Balaban J connectivity index is 2.62. The highest BCUT2D eigenvalue weighted by Crippen LogP contribution is 2.19. The van der Waals surface area contributed by atoms with Crippen molar-refractivity contribution in [3.63, 3.8) is 0 Å². The predicted octanol–water partition coefficient (Wildman–Crippen LogP) is 2.19. The van der Waals surface area contributed by atoms with Crippen molar-refractivity contribution >= 4 is 0 Å². The molecule has 1 aromatic carbocycles. The average Bonchev–Trinajstić information content (AvgIpc) is 2.37. The maximum absolute atomic E-state index is 5.75. The van der Waals surface area contributed by atoms with E-state index in [-0.39, 0.29) is 5.60 Å². The predicted molar refractivity (Wildman–Crippen MR) is 73.6 cm³/mol. The van der Waals surface area contributed by atoms with Crippen molar-refractivity contribution in [1.29, 1.82) is 0 Å². The van der Waals surface area contributed by atoms with Gasteiger partial charge >= 0.3 is 0 Å². The summed E-state index contributed by atoms with van der Waals surface area (Å²) in [6.45, 7) is 5.03. The van der Waals surface area contributed by atoms with Gasteiger partial charge in [-0.05, 0) is 26.0 Å². The number of hydrogen-bond donors (Lipinski definition) is 1. The van der Waals surface area contributed by atoms with Gasteiger partial charge in [-0.15, -0.1) is 0 Å². The van der Waals surface area contributed by atoms with Gasteiger partial charge in [0, 0.05) is 13.5 Å². The molecule has 18 heavy (non-hydrogen) atoms. The van der Waals surface area contributed by atoms with Gasteiger partial charge in [0.2, 0.25) is 0 Å². The normalized spacial score (nSPS) is 10.7. The Hall–Kier alpha value is -1.50. The third kappa shape index (κ3) is 4.79. The van der Waals surface area contributed by atoms with Gasteiger partial charge in [0.1, 0.15) is 5.75 Å². The van der Waals surface area contributed by atoms with Gasteiger partial charge in [-0.3, -0.25) is 0 Å². The summed E-state index contributed by atoms with van der Waals surface area (Å²) in [5, 5.41) is 0. The zero-order valence-electron chi connectivity index (χ0n) is 11.3.